The average Bonchev–Trinajstić information content (AvgIpc) is 2.65. The number of thiocarbonyl (C=S) groups is 1. The number of phenols is 1. The van der Waals surface area contributed by atoms with Crippen LogP contribution in [0.1, 0.15) is 30.4 Å². The summed E-state index contributed by atoms with van der Waals surface area (Å²) in [5, 5.41) is 15.4. The van der Waals surface area contributed by atoms with Gasteiger partial charge in [0.1, 0.15) is 11.5 Å². The SMILES string of the molecule is Oc1ccccc1/C(=N/NC(=S)N1CCCCC1)c1ccccc1. The molecule has 0 aromatic heterocycles. The molecular formula is C19H21N3OS. The molecule has 3 rings (SSSR count). The number of hydrogen-bond donors (Lipinski definition) is 2. The Hall–Kier alpha value is -2.40. The molecule has 1 aliphatic rings. The van der Waals surface area contributed by atoms with E-state index in [2.05, 4.69) is 15.4 Å². The summed E-state index contributed by atoms with van der Waals surface area (Å²) in [5.74, 6) is 0.200. The zero-order valence-corrected chi connectivity index (χ0v) is 14.3. The summed E-state index contributed by atoms with van der Waals surface area (Å²) in [5.41, 5.74) is 5.29. The average molecular weight is 339 g/mol. The summed E-state index contributed by atoms with van der Waals surface area (Å²) in [6, 6.07) is 17.0. The molecule has 1 aliphatic heterocycles. The molecule has 5 heteroatoms. The Balaban J connectivity index is 1.87. The van der Waals surface area contributed by atoms with Crippen LogP contribution in [0.5, 0.6) is 5.75 Å². The lowest BCUT2D eigenvalue weighted by Gasteiger charge is -2.28. The van der Waals surface area contributed by atoms with Gasteiger partial charge >= 0.3 is 0 Å². The molecule has 24 heavy (non-hydrogen) atoms. The largest absolute Gasteiger partial charge is 0.507 e. The fourth-order valence-electron chi connectivity index (χ4n) is 2.82. The number of likely N-dealkylation sites (tertiary alicyclic amines) is 1. The third-order valence-electron chi connectivity index (χ3n) is 4.11. The number of nitrogens with zero attached hydrogens (tertiary/aromatic N) is 2. The van der Waals surface area contributed by atoms with Crippen molar-refractivity contribution >= 4 is 23.0 Å². The quantitative estimate of drug-likeness (QED) is 0.510. The Labute approximate surface area is 147 Å². The zero-order chi connectivity index (χ0) is 16.8. The number of hydrazone groups is 1. The van der Waals surface area contributed by atoms with Crippen LogP contribution in [0.15, 0.2) is 59.7 Å². The van der Waals surface area contributed by atoms with Gasteiger partial charge < -0.3 is 10.0 Å². The Morgan fingerprint density at radius 3 is 2.33 bits per heavy atom. The van der Waals surface area contributed by atoms with Gasteiger partial charge in [-0.1, -0.05) is 42.5 Å². The molecule has 0 atom stereocenters. The molecule has 0 radical (unpaired) electrons. The van der Waals surface area contributed by atoms with E-state index in [0.29, 0.717) is 16.4 Å². The monoisotopic (exact) mass is 339 g/mol. The van der Waals surface area contributed by atoms with Crippen LogP contribution in [0.25, 0.3) is 0 Å². The lowest BCUT2D eigenvalue weighted by Crippen LogP contribution is -2.41. The first kappa shape index (κ1) is 16.5. The maximum absolute atomic E-state index is 10.2. The van der Waals surface area contributed by atoms with Crippen molar-refractivity contribution in [3.05, 3.63) is 65.7 Å². The first-order chi connectivity index (χ1) is 11.8. The molecule has 2 aromatic carbocycles. The molecule has 1 heterocycles. The second kappa shape index (κ2) is 7.93. The minimum absolute atomic E-state index is 0.200. The molecule has 1 saturated heterocycles. The molecule has 0 aliphatic carbocycles. The Kier molecular flexibility index (Phi) is 5.43. The van der Waals surface area contributed by atoms with Crippen LogP contribution in [-0.2, 0) is 0 Å². The fourth-order valence-corrected chi connectivity index (χ4v) is 3.05. The molecule has 2 N–H and O–H groups in total. The predicted molar refractivity (Wildman–Crippen MR) is 101 cm³/mol. The van der Waals surface area contributed by atoms with E-state index in [1.165, 1.54) is 6.42 Å². The molecule has 0 saturated carbocycles. The number of rotatable bonds is 3. The topological polar surface area (TPSA) is 47.9 Å². The van der Waals surface area contributed by atoms with Crippen molar-refractivity contribution < 1.29 is 5.11 Å². The van der Waals surface area contributed by atoms with Gasteiger partial charge in [0, 0.05) is 24.2 Å². The first-order valence-electron chi connectivity index (χ1n) is 8.22. The molecule has 0 spiro atoms. The number of aromatic hydroxyl groups is 1. The van der Waals surface area contributed by atoms with Gasteiger partial charge in [-0.15, -0.1) is 0 Å². The van der Waals surface area contributed by atoms with Gasteiger partial charge in [-0.3, -0.25) is 5.43 Å². The predicted octanol–water partition coefficient (Wildman–Crippen LogP) is 3.51. The van der Waals surface area contributed by atoms with Crippen LogP contribution in [0, 0.1) is 0 Å². The smallest absolute Gasteiger partial charge is 0.189 e. The molecule has 124 valence electrons. The van der Waals surface area contributed by atoms with Crippen LogP contribution in [-0.4, -0.2) is 33.9 Å². The van der Waals surface area contributed by atoms with Crippen LogP contribution < -0.4 is 5.43 Å². The number of piperidine rings is 1. The van der Waals surface area contributed by atoms with Crippen molar-refractivity contribution in [2.24, 2.45) is 5.10 Å². The van der Waals surface area contributed by atoms with E-state index in [1.807, 2.05) is 42.5 Å². The van der Waals surface area contributed by atoms with Gasteiger partial charge in [0.2, 0.25) is 0 Å². The molecular weight excluding hydrogens is 318 g/mol. The Morgan fingerprint density at radius 1 is 0.958 bits per heavy atom. The summed E-state index contributed by atoms with van der Waals surface area (Å²) < 4.78 is 0. The van der Waals surface area contributed by atoms with E-state index < -0.39 is 0 Å². The van der Waals surface area contributed by atoms with Gasteiger partial charge in [-0.05, 0) is 43.6 Å². The maximum Gasteiger partial charge on any atom is 0.189 e. The van der Waals surface area contributed by atoms with E-state index in [0.717, 1.165) is 31.5 Å². The minimum Gasteiger partial charge on any atom is -0.507 e. The van der Waals surface area contributed by atoms with Crippen LogP contribution in [0.4, 0.5) is 0 Å². The summed E-state index contributed by atoms with van der Waals surface area (Å²) in [7, 11) is 0. The minimum atomic E-state index is 0.200. The lowest BCUT2D eigenvalue weighted by atomic mass is 10.0. The summed E-state index contributed by atoms with van der Waals surface area (Å²) in [6.45, 7) is 1.94. The normalized spacial score (nSPS) is 15.2. The number of benzene rings is 2. The van der Waals surface area contributed by atoms with Crippen molar-refractivity contribution in [2.75, 3.05) is 13.1 Å². The van der Waals surface area contributed by atoms with E-state index >= 15 is 0 Å². The highest BCUT2D eigenvalue weighted by atomic mass is 32.1. The van der Waals surface area contributed by atoms with E-state index in [1.54, 1.807) is 12.1 Å². The van der Waals surface area contributed by atoms with E-state index in [9.17, 15) is 5.11 Å². The van der Waals surface area contributed by atoms with E-state index in [-0.39, 0.29) is 5.75 Å². The van der Waals surface area contributed by atoms with Crippen molar-refractivity contribution in [1.29, 1.82) is 0 Å². The van der Waals surface area contributed by atoms with Gasteiger partial charge in [0.15, 0.2) is 5.11 Å². The van der Waals surface area contributed by atoms with Crippen molar-refractivity contribution in [2.45, 2.75) is 19.3 Å². The summed E-state index contributed by atoms with van der Waals surface area (Å²) in [6.07, 6.45) is 3.59. The fraction of sp³-hybridized carbons (Fsp3) is 0.263. The van der Waals surface area contributed by atoms with Crippen LogP contribution in [0.2, 0.25) is 0 Å². The van der Waals surface area contributed by atoms with E-state index in [4.69, 9.17) is 12.2 Å². The molecule has 0 amide bonds. The Morgan fingerprint density at radius 2 is 1.62 bits per heavy atom. The highest BCUT2D eigenvalue weighted by molar-refractivity contribution is 7.80. The number of phenolic OH excluding ortho intramolecular Hbond substituents is 1. The molecule has 4 nitrogen and oxygen atoms in total. The summed E-state index contributed by atoms with van der Waals surface area (Å²) in [4.78, 5) is 2.15. The van der Waals surface area contributed by atoms with Crippen molar-refractivity contribution in [1.82, 2.24) is 10.3 Å². The molecule has 0 bridgehead atoms. The maximum atomic E-state index is 10.2. The Bertz CT molecular complexity index is 724. The van der Waals surface area contributed by atoms with Gasteiger partial charge in [-0.2, -0.15) is 5.10 Å². The zero-order valence-electron chi connectivity index (χ0n) is 13.5. The number of hydrogen-bond acceptors (Lipinski definition) is 3. The van der Waals surface area contributed by atoms with Gasteiger partial charge in [-0.25, -0.2) is 0 Å². The second-order valence-electron chi connectivity index (χ2n) is 5.81. The van der Waals surface area contributed by atoms with Crippen molar-refractivity contribution in [3.63, 3.8) is 0 Å². The third kappa shape index (κ3) is 3.92. The van der Waals surface area contributed by atoms with Gasteiger partial charge in [0.05, 0.1) is 0 Å². The van der Waals surface area contributed by atoms with Gasteiger partial charge in [0.25, 0.3) is 0 Å². The highest BCUT2D eigenvalue weighted by Gasteiger charge is 2.15. The highest BCUT2D eigenvalue weighted by Crippen LogP contribution is 2.20. The standard InChI is InChI=1S/C19H21N3OS/c23-17-12-6-5-11-16(17)18(15-9-3-1-4-10-15)20-21-19(24)22-13-7-2-8-14-22/h1,3-6,9-12,23H,2,7-8,13-14H2,(H,21,24)/b20-18+. The van der Waals surface area contributed by atoms with Crippen LogP contribution >= 0.6 is 12.2 Å². The molecule has 2 aromatic rings. The molecule has 1 fully saturated rings. The van der Waals surface area contributed by atoms with Crippen LogP contribution in [0.3, 0.4) is 0 Å². The first-order valence-corrected chi connectivity index (χ1v) is 8.63. The lowest BCUT2D eigenvalue weighted by molar-refractivity contribution is 0.338. The number of para-hydroxylation sites is 1. The third-order valence-corrected chi connectivity index (χ3v) is 4.46. The second-order valence-corrected chi connectivity index (χ2v) is 6.19. The molecule has 0 unspecified atom stereocenters. The summed E-state index contributed by atoms with van der Waals surface area (Å²) >= 11 is 5.47. The number of nitrogens with one attached hydrogen (secondary N) is 1. The van der Waals surface area contributed by atoms with Crippen molar-refractivity contribution in [3.8, 4) is 5.75 Å².